The lowest BCUT2D eigenvalue weighted by atomic mass is 9.95. The molecule has 0 bridgehead atoms. The zero-order valence-corrected chi connectivity index (χ0v) is 26.6. The molecule has 9 rings (SSSR count). The van der Waals surface area contributed by atoms with Gasteiger partial charge in [0.1, 0.15) is 0 Å². The Labute approximate surface area is 284 Å². The topological polar surface area (TPSA) is 41.9 Å². The van der Waals surface area contributed by atoms with E-state index < -0.39 is 0 Å². The summed E-state index contributed by atoms with van der Waals surface area (Å²) >= 11 is 0. The van der Waals surface area contributed by atoms with Crippen molar-refractivity contribution in [1.82, 2.24) is 15.0 Å². The molecule has 0 spiro atoms. The van der Waals surface area contributed by atoms with Gasteiger partial charge >= 0.3 is 0 Å². The molecule has 0 N–H and O–H groups in total. The maximum Gasteiger partial charge on any atom is 0.166 e. The number of nitrogens with zero attached hydrogens (tertiary/aromatic N) is 4. The summed E-state index contributed by atoms with van der Waals surface area (Å²) in [7, 11) is 0. The van der Waals surface area contributed by atoms with Crippen molar-refractivity contribution in [2.24, 2.45) is 0 Å². The number of hydrogen-bond acceptors (Lipinski definition) is 4. The molecule has 8 aromatic carbocycles. The zero-order chi connectivity index (χ0) is 32.6. The highest BCUT2D eigenvalue weighted by Gasteiger charge is 2.21. The van der Waals surface area contributed by atoms with Gasteiger partial charge in [0.05, 0.1) is 5.69 Å². The molecular formula is C45H30N4. The van der Waals surface area contributed by atoms with E-state index in [1.165, 1.54) is 26.9 Å². The lowest BCUT2D eigenvalue weighted by Crippen LogP contribution is -2.12. The summed E-state index contributed by atoms with van der Waals surface area (Å²) in [6.45, 7) is 0. The van der Waals surface area contributed by atoms with Crippen LogP contribution < -0.4 is 4.90 Å². The van der Waals surface area contributed by atoms with Crippen LogP contribution in [0.3, 0.4) is 0 Å². The van der Waals surface area contributed by atoms with Crippen LogP contribution >= 0.6 is 0 Å². The maximum absolute atomic E-state index is 5.26. The Bertz CT molecular complexity index is 2560. The van der Waals surface area contributed by atoms with Crippen molar-refractivity contribution in [2.75, 3.05) is 4.90 Å². The smallest absolute Gasteiger partial charge is 0.166 e. The van der Waals surface area contributed by atoms with Crippen molar-refractivity contribution in [3.05, 3.63) is 182 Å². The van der Waals surface area contributed by atoms with Gasteiger partial charge in [0.2, 0.25) is 0 Å². The minimum absolute atomic E-state index is 0.611. The average molecular weight is 627 g/mol. The van der Waals surface area contributed by atoms with Gasteiger partial charge in [-0.1, -0.05) is 146 Å². The first-order chi connectivity index (χ1) is 24.3. The molecule has 0 saturated heterocycles. The van der Waals surface area contributed by atoms with Gasteiger partial charge in [-0.25, -0.2) is 15.0 Å². The first-order valence-corrected chi connectivity index (χ1v) is 16.5. The van der Waals surface area contributed by atoms with Crippen LogP contribution in [0.5, 0.6) is 0 Å². The molecule has 0 aliphatic carbocycles. The normalized spacial score (nSPS) is 11.3. The van der Waals surface area contributed by atoms with E-state index in [0.717, 1.165) is 39.1 Å². The average Bonchev–Trinajstić information content (AvgIpc) is 3.18. The summed E-state index contributed by atoms with van der Waals surface area (Å²) in [5, 5.41) is 7.20. The second-order valence-corrected chi connectivity index (χ2v) is 12.0. The van der Waals surface area contributed by atoms with E-state index in [0.29, 0.717) is 17.5 Å². The minimum atomic E-state index is 0.611. The third kappa shape index (κ3) is 5.16. The molecule has 0 radical (unpaired) electrons. The third-order valence-corrected chi connectivity index (χ3v) is 9.11. The number of fused-ring (bicyclic) bond motifs is 5. The quantitative estimate of drug-likeness (QED) is 0.172. The molecule has 1 heterocycles. The van der Waals surface area contributed by atoms with Crippen molar-refractivity contribution in [3.63, 3.8) is 0 Å². The Morgan fingerprint density at radius 2 is 0.796 bits per heavy atom. The first kappa shape index (κ1) is 28.6. The Kier molecular flexibility index (Phi) is 7.10. The third-order valence-electron chi connectivity index (χ3n) is 9.11. The van der Waals surface area contributed by atoms with E-state index in [-0.39, 0.29) is 0 Å². The first-order valence-electron chi connectivity index (χ1n) is 16.5. The van der Waals surface area contributed by atoms with Gasteiger partial charge in [0, 0.05) is 28.1 Å². The fraction of sp³-hybridized carbons (Fsp3) is 0. The van der Waals surface area contributed by atoms with Crippen LogP contribution in [-0.4, -0.2) is 15.0 Å². The zero-order valence-electron chi connectivity index (χ0n) is 26.6. The predicted octanol–water partition coefficient (Wildman–Crippen LogP) is 11.8. The Morgan fingerprint density at radius 3 is 1.55 bits per heavy atom. The molecule has 230 valence electrons. The fourth-order valence-corrected chi connectivity index (χ4v) is 6.82. The van der Waals surface area contributed by atoms with E-state index in [1.807, 2.05) is 36.4 Å². The summed E-state index contributed by atoms with van der Waals surface area (Å²) in [4.78, 5) is 17.8. The lowest BCUT2D eigenvalue weighted by Gasteiger charge is -2.27. The Morgan fingerprint density at radius 1 is 0.306 bits per heavy atom. The molecule has 0 amide bonds. The molecule has 1 aromatic heterocycles. The maximum atomic E-state index is 5.26. The number of para-hydroxylation sites is 3. The van der Waals surface area contributed by atoms with E-state index >= 15 is 0 Å². The molecule has 4 heteroatoms. The van der Waals surface area contributed by atoms with Crippen molar-refractivity contribution in [2.45, 2.75) is 0 Å². The summed E-state index contributed by atoms with van der Waals surface area (Å²) in [6.07, 6.45) is 0. The van der Waals surface area contributed by atoms with Gasteiger partial charge in [-0.2, -0.15) is 0 Å². The summed E-state index contributed by atoms with van der Waals surface area (Å²) in [6, 6.07) is 63.2. The Balaban J connectivity index is 1.28. The Hall–Kier alpha value is -6.65. The number of benzene rings is 8. The van der Waals surface area contributed by atoms with Gasteiger partial charge in [-0.15, -0.1) is 0 Å². The molecule has 0 saturated carbocycles. The number of hydrogen-bond donors (Lipinski definition) is 0. The van der Waals surface area contributed by atoms with Crippen molar-refractivity contribution in [1.29, 1.82) is 0 Å². The van der Waals surface area contributed by atoms with Crippen LogP contribution in [-0.2, 0) is 0 Å². The van der Waals surface area contributed by atoms with Crippen molar-refractivity contribution >= 4 is 49.4 Å². The number of anilines is 3. The van der Waals surface area contributed by atoms with Crippen LogP contribution in [0.4, 0.5) is 17.1 Å². The molecule has 4 nitrogen and oxygen atoms in total. The van der Waals surface area contributed by atoms with Gasteiger partial charge in [0.25, 0.3) is 0 Å². The molecule has 0 unspecified atom stereocenters. The van der Waals surface area contributed by atoms with Crippen molar-refractivity contribution in [3.8, 4) is 34.2 Å². The predicted molar refractivity (Wildman–Crippen MR) is 203 cm³/mol. The second kappa shape index (κ2) is 12.2. The SMILES string of the molecule is c1ccc(-c2nc(-c3ccccc3N(c3ccccc3)c3ccccc3)nc(-c3cccc4c3ccc3c5ccccc5ccc43)n2)cc1. The second-order valence-electron chi connectivity index (χ2n) is 12.0. The molecule has 9 aromatic rings. The summed E-state index contributed by atoms with van der Waals surface area (Å²) < 4.78 is 0. The van der Waals surface area contributed by atoms with Crippen LogP contribution in [0.2, 0.25) is 0 Å². The highest BCUT2D eigenvalue weighted by atomic mass is 15.1. The molecule has 0 atom stereocenters. The molecule has 49 heavy (non-hydrogen) atoms. The highest BCUT2D eigenvalue weighted by molar-refractivity contribution is 6.19. The van der Waals surface area contributed by atoms with E-state index in [2.05, 4.69) is 150 Å². The molecule has 0 fully saturated rings. The van der Waals surface area contributed by atoms with Gasteiger partial charge < -0.3 is 4.90 Å². The minimum Gasteiger partial charge on any atom is -0.310 e. The molecular weight excluding hydrogens is 597 g/mol. The summed E-state index contributed by atoms with van der Waals surface area (Å²) in [5.74, 6) is 1.88. The van der Waals surface area contributed by atoms with Gasteiger partial charge in [-0.3, -0.25) is 0 Å². The monoisotopic (exact) mass is 626 g/mol. The highest BCUT2D eigenvalue weighted by Crippen LogP contribution is 2.41. The van der Waals surface area contributed by atoms with E-state index in [9.17, 15) is 0 Å². The number of rotatable bonds is 6. The van der Waals surface area contributed by atoms with E-state index in [4.69, 9.17) is 15.0 Å². The van der Waals surface area contributed by atoms with Crippen LogP contribution in [0, 0.1) is 0 Å². The fourth-order valence-electron chi connectivity index (χ4n) is 6.82. The largest absolute Gasteiger partial charge is 0.310 e. The van der Waals surface area contributed by atoms with Crippen LogP contribution in [0.25, 0.3) is 66.5 Å². The van der Waals surface area contributed by atoms with Crippen LogP contribution in [0.15, 0.2) is 182 Å². The van der Waals surface area contributed by atoms with Gasteiger partial charge in [-0.05, 0) is 68.7 Å². The standard InChI is InChI=1S/C45H30N4/c1-4-16-32(17-5-1)43-46-44(40-25-14-24-36-38-28-27-31-15-10-11-22-35(31)37(38)29-30-39(36)40)48-45(47-43)41-23-12-13-26-42(41)49(33-18-6-2-7-19-33)34-20-8-3-9-21-34/h1-30H. The van der Waals surface area contributed by atoms with Gasteiger partial charge in [0.15, 0.2) is 17.5 Å². The lowest BCUT2D eigenvalue weighted by molar-refractivity contribution is 1.07. The van der Waals surface area contributed by atoms with Crippen molar-refractivity contribution < 1.29 is 0 Å². The molecule has 0 aliphatic heterocycles. The van der Waals surface area contributed by atoms with E-state index in [1.54, 1.807) is 0 Å². The molecule has 0 aliphatic rings. The number of aromatic nitrogens is 3. The van der Waals surface area contributed by atoms with Crippen LogP contribution in [0.1, 0.15) is 0 Å². The summed E-state index contributed by atoms with van der Waals surface area (Å²) in [5.41, 5.74) is 5.89.